The number of hydrogen-bond acceptors (Lipinski definition) is 3. The lowest BCUT2D eigenvalue weighted by Gasteiger charge is -2.16. The number of aromatic nitrogens is 3. The van der Waals surface area contributed by atoms with E-state index in [4.69, 9.17) is 18.0 Å². The van der Waals surface area contributed by atoms with Gasteiger partial charge in [0.2, 0.25) is 0 Å². The molecule has 2 aromatic rings. The van der Waals surface area contributed by atoms with Crippen molar-refractivity contribution in [2.75, 3.05) is 0 Å². The van der Waals surface area contributed by atoms with E-state index in [-0.39, 0.29) is 5.92 Å². The van der Waals surface area contributed by atoms with Gasteiger partial charge in [-0.15, -0.1) is 0 Å². The number of aryl methyl sites for hydroxylation is 2. The van der Waals surface area contributed by atoms with Gasteiger partial charge in [-0.2, -0.15) is 5.10 Å². The Morgan fingerprint density at radius 2 is 2.00 bits per heavy atom. The first-order valence-corrected chi connectivity index (χ1v) is 6.21. The van der Waals surface area contributed by atoms with Gasteiger partial charge >= 0.3 is 0 Å². The molecule has 1 heterocycles. The van der Waals surface area contributed by atoms with Crippen LogP contribution in [0, 0.1) is 13.8 Å². The van der Waals surface area contributed by atoms with Crippen LogP contribution in [0.3, 0.4) is 0 Å². The lowest BCUT2D eigenvalue weighted by molar-refractivity contribution is 0.569. The number of hydrogen-bond donors (Lipinski definition) is 1. The molecule has 0 saturated heterocycles. The molecule has 4 nitrogen and oxygen atoms in total. The molecule has 2 rings (SSSR count). The quantitative estimate of drug-likeness (QED) is 0.854. The van der Waals surface area contributed by atoms with Crippen molar-refractivity contribution in [2.45, 2.75) is 26.3 Å². The fraction of sp³-hybridized carbons (Fsp3) is 0.308. The first-order chi connectivity index (χ1) is 8.58. The van der Waals surface area contributed by atoms with Crippen molar-refractivity contribution in [3.05, 3.63) is 47.5 Å². The molecule has 0 amide bonds. The van der Waals surface area contributed by atoms with Gasteiger partial charge < -0.3 is 5.73 Å². The molecule has 1 atom stereocenters. The van der Waals surface area contributed by atoms with E-state index in [1.54, 1.807) is 0 Å². The Labute approximate surface area is 112 Å². The van der Waals surface area contributed by atoms with Crippen LogP contribution < -0.4 is 5.73 Å². The monoisotopic (exact) mass is 260 g/mol. The van der Waals surface area contributed by atoms with Crippen LogP contribution in [0.15, 0.2) is 30.3 Å². The van der Waals surface area contributed by atoms with Crippen LogP contribution >= 0.6 is 12.2 Å². The number of rotatable bonds is 4. The Bertz CT molecular complexity index is 547. The smallest absolute Gasteiger partial charge is 0.147 e. The van der Waals surface area contributed by atoms with E-state index in [9.17, 15) is 0 Å². The largest absolute Gasteiger partial charge is 0.393 e. The van der Waals surface area contributed by atoms with Crippen molar-refractivity contribution in [1.82, 2.24) is 14.8 Å². The van der Waals surface area contributed by atoms with Gasteiger partial charge in [-0.3, -0.25) is 0 Å². The van der Waals surface area contributed by atoms with Gasteiger partial charge in [-0.1, -0.05) is 42.5 Å². The zero-order valence-electron chi connectivity index (χ0n) is 10.5. The van der Waals surface area contributed by atoms with Crippen LogP contribution in [-0.2, 0) is 6.54 Å². The zero-order chi connectivity index (χ0) is 13.1. The highest BCUT2D eigenvalue weighted by Gasteiger charge is 2.17. The molecule has 0 saturated carbocycles. The Kier molecular flexibility index (Phi) is 3.72. The highest BCUT2D eigenvalue weighted by atomic mass is 32.1. The second-order valence-electron chi connectivity index (χ2n) is 4.25. The average Bonchev–Trinajstić information content (AvgIpc) is 2.65. The highest BCUT2D eigenvalue weighted by molar-refractivity contribution is 7.80. The van der Waals surface area contributed by atoms with Gasteiger partial charge in [0.25, 0.3) is 0 Å². The third-order valence-corrected chi connectivity index (χ3v) is 3.15. The van der Waals surface area contributed by atoms with E-state index in [0.717, 1.165) is 17.2 Å². The summed E-state index contributed by atoms with van der Waals surface area (Å²) in [5, 5.41) is 4.35. The van der Waals surface area contributed by atoms with E-state index in [2.05, 4.69) is 10.1 Å². The van der Waals surface area contributed by atoms with E-state index in [1.165, 1.54) is 0 Å². The van der Waals surface area contributed by atoms with E-state index in [1.807, 2.05) is 48.9 Å². The maximum absolute atomic E-state index is 5.84. The maximum atomic E-state index is 5.84. The summed E-state index contributed by atoms with van der Waals surface area (Å²) in [6.07, 6.45) is 0. The molecule has 5 heteroatoms. The van der Waals surface area contributed by atoms with Crippen molar-refractivity contribution in [1.29, 1.82) is 0 Å². The lowest BCUT2D eigenvalue weighted by Crippen LogP contribution is -2.24. The van der Waals surface area contributed by atoms with Gasteiger partial charge in [-0.25, -0.2) is 9.67 Å². The Morgan fingerprint density at radius 3 is 2.50 bits per heavy atom. The molecule has 0 spiro atoms. The molecule has 94 valence electrons. The normalized spacial score (nSPS) is 12.3. The topological polar surface area (TPSA) is 56.7 Å². The molecule has 0 fully saturated rings. The summed E-state index contributed by atoms with van der Waals surface area (Å²) in [7, 11) is 0. The minimum Gasteiger partial charge on any atom is -0.393 e. The first kappa shape index (κ1) is 12.7. The molecule has 2 N–H and O–H groups in total. The molecule has 1 aromatic carbocycles. The second-order valence-corrected chi connectivity index (χ2v) is 4.73. The van der Waals surface area contributed by atoms with Crippen molar-refractivity contribution in [3.8, 4) is 0 Å². The van der Waals surface area contributed by atoms with Crippen LogP contribution in [0.5, 0.6) is 0 Å². The van der Waals surface area contributed by atoms with Gasteiger partial charge in [0, 0.05) is 0 Å². The molecule has 0 bridgehead atoms. The zero-order valence-corrected chi connectivity index (χ0v) is 11.3. The van der Waals surface area contributed by atoms with E-state index >= 15 is 0 Å². The summed E-state index contributed by atoms with van der Waals surface area (Å²) in [5.41, 5.74) is 6.95. The standard InChI is InChI=1S/C13H16N4S/c1-9-15-10(2)17(16-9)8-12(13(14)18)11-6-4-3-5-7-11/h3-7,12H,8H2,1-2H3,(H2,14,18). The number of nitrogens with zero attached hydrogens (tertiary/aromatic N) is 3. The van der Waals surface area contributed by atoms with Crippen LogP contribution in [0.2, 0.25) is 0 Å². The number of thiocarbonyl (C=S) groups is 1. The summed E-state index contributed by atoms with van der Waals surface area (Å²) in [4.78, 5) is 4.77. The third kappa shape index (κ3) is 2.73. The molecular weight excluding hydrogens is 244 g/mol. The average molecular weight is 260 g/mol. The molecule has 0 radical (unpaired) electrons. The maximum Gasteiger partial charge on any atom is 0.147 e. The predicted molar refractivity (Wildman–Crippen MR) is 75.5 cm³/mol. The predicted octanol–water partition coefficient (Wildman–Crippen LogP) is 1.96. The number of nitrogens with two attached hydrogens (primary N) is 1. The number of benzene rings is 1. The van der Waals surface area contributed by atoms with Gasteiger partial charge in [0.1, 0.15) is 11.6 Å². The Balaban J connectivity index is 2.28. The van der Waals surface area contributed by atoms with Crippen molar-refractivity contribution in [3.63, 3.8) is 0 Å². The van der Waals surface area contributed by atoms with Crippen LogP contribution in [-0.4, -0.2) is 19.8 Å². The molecule has 1 aromatic heterocycles. The molecule has 0 aliphatic rings. The van der Waals surface area contributed by atoms with Gasteiger partial charge in [-0.05, 0) is 19.4 Å². The van der Waals surface area contributed by atoms with Crippen molar-refractivity contribution >= 4 is 17.2 Å². The Morgan fingerprint density at radius 1 is 1.33 bits per heavy atom. The molecule has 0 aliphatic carbocycles. The summed E-state index contributed by atoms with van der Waals surface area (Å²) >= 11 is 5.16. The summed E-state index contributed by atoms with van der Waals surface area (Å²) in [6.45, 7) is 4.44. The molecule has 1 unspecified atom stereocenters. The molecule has 18 heavy (non-hydrogen) atoms. The third-order valence-electron chi connectivity index (χ3n) is 2.86. The lowest BCUT2D eigenvalue weighted by atomic mass is 9.99. The van der Waals surface area contributed by atoms with Gasteiger partial charge in [0.15, 0.2) is 0 Å². The SMILES string of the molecule is Cc1nc(C)n(CC(C(N)=S)c2ccccc2)n1. The first-order valence-electron chi connectivity index (χ1n) is 5.80. The highest BCUT2D eigenvalue weighted by Crippen LogP contribution is 2.18. The van der Waals surface area contributed by atoms with Crippen LogP contribution in [0.1, 0.15) is 23.1 Å². The summed E-state index contributed by atoms with van der Waals surface area (Å²) in [6, 6.07) is 10.0. The van der Waals surface area contributed by atoms with Crippen LogP contribution in [0.4, 0.5) is 0 Å². The van der Waals surface area contributed by atoms with E-state index < -0.39 is 0 Å². The second kappa shape index (κ2) is 5.27. The van der Waals surface area contributed by atoms with Crippen molar-refractivity contribution < 1.29 is 0 Å². The minimum absolute atomic E-state index is 0.0130. The minimum atomic E-state index is -0.0130. The van der Waals surface area contributed by atoms with E-state index in [0.29, 0.717) is 11.5 Å². The summed E-state index contributed by atoms with van der Waals surface area (Å²) < 4.78 is 1.85. The van der Waals surface area contributed by atoms with Crippen molar-refractivity contribution in [2.24, 2.45) is 5.73 Å². The van der Waals surface area contributed by atoms with Gasteiger partial charge in [0.05, 0.1) is 17.5 Å². The Hall–Kier alpha value is -1.75. The van der Waals surface area contributed by atoms with Crippen LogP contribution in [0.25, 0.3) is 0 Å². The fourth-order valence-corrected chi connectivity index (χ4v) is 2.16. The summed E-state index contributed by atoms with van der Waals surface area (Å²) in [5.74, 6) is 1.63. The molecular formula is C13H16N4S. The fourth-order valence-electron chi connectivity index (χ4n) is 1.95. The molecule has 0 aliphatic heterocycles.